The fraction of sp³-hybridized carbons (Fsp3) is 0.417. The minimum absolute atomic E-state index is 0.0368. The molecule has 4 atom stereocenters. The maximum absolute atomic E-state index is 4.86. The highest BCUT2D eigenvalue weighted by atomic mass is 15.5. The lowest BCUT2D eigenvalue weighted by atomic mass is 9.53. The molecular formula is C36H46N4. The molecule has 0 radical (unpaired) electrons. The molecule has 0 N–H and O–H groups in total. The van der Waals surface area contributed by atoms with Gasteiger partial charge in [-0.1, -0.05) is 74.9 Å². The molecule has 2 aromatic rings. The number of piperidine rings is 1. The van der Waals surface area contributed by atoms with Crippen molar-refractivity contribution >= 4 is 17.2 Å². The Bertz CT molecular complexity index is 1410. The average molecular weight is 535 g/mol. The van der Waals surface area contributed by atoms with E-state index in [1.165, 1.54) is 33.9 Å². The molecule has 1 aliphatic carbocycles. The van der Waals surface area contributed by atoms with E-state index in [4.69, 9.17) is 4.98 Å². The minimum Gasteiger partial charge on any atom is -0.337 e. The number of para-hydroxylation sites is 1. The van der Waals surface area contributed by atoms with E-state index in [1.807, 2.05) is 6.20 Å². The van der Waals surface area contributed by atoms with E-state index >= 15 is 0 Å². The van der Waals surface area contributed by atoms with Gasteiger partial charge in [0.05, 0.1) is 11.7 Å². The summed E-state index contributed by atoms with van der Waals surface area (Å²) in [5, 5.41) is 0. The number of aryl methyl sites for hydroxylation is 1. The van der Waals surface area contributed by atoms with Crippen molar-refractivity contribution < 1.29 is 0 Å². The Hall–Kier alpha value is -3.53. The van der Waals surface area contributed by atoms with Crippen molar-refractivity contribution in [3.8, 4) is 0 Å². The molecule has 1 fully saturated rings. The lowest BCUT2D eigenvalue weighted by molar-refractivity contribution is 0.0343. The third-order valence-electron chi connectivity index (χ3n) is 10.1. The van der Waals surface area contributed by atoms with E-state index in [0.717, 1.165) is 18.7 Å². The van der Waals surface area contributed by atoms with Gasteiger partial charge in [-0.15, -0.1) is 6.58 Å². The number of allylic oxidation sites excluding steroid dienone is 6. The van der Waals surface area contributed by atoms with Crippen LogP contribution in [0.3, 0.4) is 0 Å². The number of hydrogen-bond acceptors (Lipinski definition) is 4. The van der Waals surface area contributed by atoms with Gasteiger partial charge in [0.25, 0.3) is 0 Å². The number of fused-ring (bicyclic) bond motifs is 5. The Balaban J connectivity index is 1.74. The molecule has 210 valence electrons. The van der Waals surface area contributed by atoms with Gasteiger partial charge in [0.15, 0.2) is 5.82 Å². The van der Waals surface area contributed by atoms with Crippen molar-refractivity contribution in [3.63, 3.8) is 0 Å². The third kappa shape index (κ3) is 4.06. The van der Waals surface area contributed by atoms with Crippen molar-refractivity contribution in [3.05, 3.63) is 108 Å². The predicted octanol–water partition coefficient (Wildman–Crippen LogP) is 8.80. The van der Waals surface area contributed by atoms with E-state index in [1.54, 1.807) is 0 Å². The molecule has 3 heterocycles. The second kappa shape index (κ2) is 10.5. The zero-order chi connectivity index (χ0) is 28.8. The van der Waals surface area contributed by atoms with Crippen LogP contribution in [0.2, 0.25) is 0 Å². The summed E-state index contributed by atoms with van der Waals surface area (Å²) in [6, 6.07) is 13.3. The summed E-state index contributed by atoms with van der Waals surface area (Å²) < 4.78 is 0. The molecule has 0 saturated carbocycles. The summed E-state index contributed by atoms with van der Waals surface area (Å²) in [7, 11) is 2.21. The summed E-state index contributed by atoms with van der Waals surface area (Å²) in [4.78, 5) is 12.4. The van der Waals surface area contributed by atoms with E-state index in [2.05, 4.69) is 150 Å². The molecule has 2 aliphatic heterocycles. The Morgan fingerprint density at radius 2 is 1.93 bits per heavy atom. The first-order chi connectivity index (χ1) is 19.1. The molecule has 0 amide bonds. The van der Waals surface area contributed by atoms with Gasteiger partial charge >= 0.3 is 0 Å². The van der Waals surface area contributed by atoms with E-state index in [9.17, 15) is 0 Å². The number of aromatic nitrogens is 1. The Morgan fingerprint density at radius 3 is 2.60 bits per heavy atom. The zero-order valence-electron chi connectivity index (χ0n) is 25.6. The van der Waals surface area contributed by atoms with Crippen LogP contribution in [0.25, 0.3) is 0 Å². The van der Waals surface area contributed by atoms with Crippen molar-refractivity contribution in [1.29, 1.82) is 0 Å². The van der Waals surface area contributed by atoms with Gasteiger partial charge in [-0.3, -0.25) is 0 Å². The highest BCUT2D eigenvalue weighted by molar-refractivity contribution is 5.79. The second-order valence-corrected chi connectivity index (χ2v) is 12.4. The minimum atomic E-state index is -0.0413. The first kappa shape index (κ1) is 28.0. The lowest BCUT2D eigenvalue weighted by Gasteiger charge is -2.61. The van der Waals surface area contributed by atoms with Crippen LogP contribution in [0.1, 0.15) is 59.9 Å². The standard InChI is InChI=1S/C36H46N4/c1-10-16-29(25(4)12-3)39(30-18-14-13-17-26(30)5)27-20-21-28-32(24-27)40-31-19-15-23-37-33(31)38(9)34(40)35(6,7)36(28,8)22-11-2/h10-15,17-20,22-24,28-29,34H,1,16,21H2,2-9H3/b22-11?,25-12-. The van der Waals surface area contributed by atoms with Crippen LogP contribution in [0.5, 0.6) is 0 Å². The number of anilines is 3. The molecule has 4 unspecified atom stereocenters. The van der Waals surface area contributed by atoms with E-state index in [0.29, 0.717) is 5.92 Å². The SMILES string of the molecule is C=CCC(/C(C)=C\C)N(C1=CCC2C(=C1)N1c3cccnc3N(C)C1C(C)(C)C2(C)C=CC)c1ccccc1C. The maximum atomic E-state index is 4.86. The highest BCUT2D eigenvalue weighted by Gasteiger charge is 2.61. The van der Waals surface area contributed by atoms with Crippen LogP contribution < -0.4 is 14.7 Å². The summed E-state index contributed by atoms with van der Waals surface area (Å²) in [6.07, 6.45) is 17.9. The first-order valence-corrected chi connectivity index (χ1v) is 14.7. The topological polar surface area (TPSA) is 22.6 Å². The summed E-state index contributed by atoms with van der Waals surface area (Å²) in [6.45, 7) is 20.3. The normalized spacial score (nSPS) is 26.1. The highest BCUT2D eigenvalue weighted by Crippen LogP contribution is 2.63. The van der Waals surface area contributed by atoms with Crippen molar-refractivity contribution in [1.82, 2.24) is 4.98 Å². The number of benzene rings is 1. The second-order valence-electron chi connectivity index (χ2n) is 12.4. The number of hydrogen-bond donors (Lipinski definition) is 0. The molecule has 40 heavy (non-hydrogen) atoms. The largest absolute Gasteiger partial charge is 0.337 e. The lowest BCUT2D eigenvalue weighted by Crippen LogP contribution is -2.64. The van der Waals surface area contributed by atoms with Crippen LogP contribution in [0.15, 0.2) is 103 Å². The summed E-state index contributed by atoms with van der Waals surface area (Å²) >= 11 is 0. The van der Waals surface area contributed by atoms with Gasteiger partial charge in [-0.25, -0.2) is 4.98 Å². The van der Waals surface area contributed by atoms with Gasteiger partial charge in [-0.2, -0.15) is 0 Å². The zero-order valence-corrected chi connectivity index (χ0v) is 25.6. The van der Waals surface area contributed by atoms with Crippen LogP contribution in [-0.2, 0) is 0 Å². The summed E-state index contributed by atoms with van der Waals surface area (Å²) in [5.41, 5.74) is 7.65. The molecule has 5 rings (SSSR count). The molecule has 3 aliphatic rings. The Labute approximate surface area is 242 Å². The van der Waals surface area contributed by atoms with Crippen LogP contribution in [-0.4, -0.2) is 24.2 Å². The molecular weight excluding hydrogens is 488 g/mol. The van der Waals surface area contributed by atoms with Gasteiger partial charge in [0.2, 0.25) is 0 Å². The average Bonchev–Trinajstić information content (AvgIpc) is 3.25. The van der Waals surface area contributed by atoms with Crippen LogP contribution >= 0.6 is 0 Å². The van der Waals surface area contributed by atoms with Crippen LogP contribution in [0, 0.1) is 23.7 Å². The number of rotatable bonds is 7. The maximum Gasteiger partial charge on any atom is 0.153 e. The third-order valence-corrected chi connectivity index (χ3v) is 10.1. The monoisotopic (exact) mass is 534 g/mol. The van der Waals surface area contributed by atoms with Crippen LogP contribution in [0.4, 0.5) is 17.2 Å². The molecule has 1 aromatic carbocycles. The molecule has 0 spiro atoms. The van der Waals surface area contributed by atoms with Gasteiger partial charge in [0.1, 0.15) is 6.17 Å². The number of nitrogens with zero attached hydrogens (tertiary/aromatic N) is 4. The Kier molecular flexibility index (Phi) is 7.33. The quantitative estimate of drug-likeness (QED) is 0.331. The molecule has 4 nitrogen and oxygen atoms in total. The smallest absolute Gasteiger partial charge is 0.153 e. The van der Waals surface area contributed by atoms with Crippen molar-refractivity contribution in [2.24, 2.45) is 16.7 Å². The fourth-order valence-corrected chi connectivity index (χ4v) is 7.55. The van der Waals surface area contributed by atoms with Crippen molar-refractivity contribution in [2.45, 2.75) is 73.5 Å². The number of pyridine rings is 1. The summed E-state index contributed by atoms with van der Waals surface area (Å²) in [5.74, 6) is 1.41. The van der Waals surface area contributed by atoms with E-state index in [-0.39, 0.29) is 23.0 Å². The fourth-order valence-electron chi connectivity index (χ4n) is 7.55. The molecule has 1 aromatic heterocycles. The molecule has 0 bridgehead atoms. The van der Waals surface area contributed by atoms with Gasteiger partial charge < -0.3 is 14.7 Å². The first-order valence-electron chi connectivity index (χ1n) is 14.7. The molecule has 1 saturated heterocycles. The van der Waals surface area contributed by atoms with E-state index < -0.39 is 0 Å². The predicted molar refractivity (Wildman–Crippen MR) is 172 cm³/mol. The molecule has 4 heteroatoms. The van der Waals surface area contributed by atoms with Gasteiger partial charge in [0, 0.05) is 47.1 Å². The Morgan fingerprint density at radius 1 is 1.18 bits per heavy atom. The van der Waals surface area contributed by atoms with Crippen molar-refractivity contribution in [2.75, 3.05) is 21.7 Å². The van der Waals surface area contributed by atoms with Gasteiger partial charge in [-0.05, 0) is 70.4 Å².